The minimum Gasteiger partial charge on any atom is -0.396 e. The first-order chi connectivity index (χ1) is 6.80. The topological polar surface area (TPSA) is 23.5 Å². The van der Waals surface area contributed by atoms with E-state index < -0.39 is 0 Å². The molecule has 1 fully saturated rings. The number of piperidine rings is 1. The molecule has 0 aromatic carbocycles. The molecule has 1 aliphatic heterocycles. The molecule has 0 amide bonds. The molecule has 0 radical (unpaired) electrons. The zero-order valence-electron chi connectivity index (χ0n) is 8.55. The Bertz CT molecular complexity index is 267. The second-order valence-electron chi connectivity index (χ2n) is 3.53. The average Bonchev–Trinajstić information content (AvgIpc) is 2.25. The van der Waals surface area contributed by atoms with Gasteiger partial charge in [0.25, 0.3) is 0 Å². The van der Waals surface area contributed by atoms with Gasteiger partial charge in [-0.1, -0.05) is 13.2 Å². The van der Waals surface area contributed by atoms with Crippen LogP contribution in [0.2, 0.25) is 0 Å². The van der Waals surface area contributed by atoms with Crippen molar-refractivity contribution in [3.05, 3.63) is 35.8 Å². The third-order valence-electron chi connectivity index (χ3n) is 2.39. The highest BCUT2D eigenvalue weighted by Crippen LogP contribution is 2.18. The van der Waals surface area contributed by atoms with Crippen LogP contribution in [0.4, 0.5) is 0 Å². The highest BCUT2D eigenvalue weighted by atomic mass is 16.3. The van der Waals surface area contributed by atoms with Crippen LogP contribution in [0.1, 0.15) is 12.8 Å². The Morgan fingerprint density at radius 2 is 1.79 bits per heavy atom. The van der Waals surface area contributed by atoms with Crippen molar-refractivity contribution in [3.8, 4) is 0 Å². The van der Waals surface area contributed by atoms with Gasteiger partial charge < -0.3 is 5.11 Å². The molecule has 1 N–H and O–H groups in total. The van der Waals surface area contributed by atoms with E-state index in [-0.39, 0.29) is 6.61 Å². The standard InChI is InChI=1S/C12H17NO/c1-3-11-8-12(4-2)10-13(9-11)6-5-7-14/h14H,1-2,5-10H2. The highest BCUT2D eigenvalue weighted by Gasteiger charge is 2.16. The maximum absolute atomic E-state index is 8.75. The van der Waals surface area contributed by atoms with Crippen LogP contribution < -0.4 is 0 Å². The van der Waals surface area contributed by atoms with Crippen molar-refractivity contribution in [2.45, 2.75) is 12.8 Å². The molecule has 1 saturated heterocycles. The maximum Gasteiger partial charge on any atom is 0.0443 e. The molecule has 0 aromatic heterocycles. The van der Waals surface area contributed by atoms with Gasteiger partial charge in [-0.15, -0.1) is 11.5 Å². The van der Waals surface area contributed by atoms with E-state index in [1.165, 1.54) is 11.1 Å². The number of hydrogen-bond donors (Lipinski definition) is 1. The highest BCUT2D eigenvalue weighted by molar-refractivity contribution is 5.20. The fourth-order valence-electron chi connectivity index (χ4n) is 1.65. The molecule has 2 nitrogen and oxygen atoms in total. The lowest BCUT2D eigenvalue weighted by molar-refractivity contribution is 0.235. The number of rotatable bonds is 3. The molecule has 0 saturated carbocycles. The van der Waals surface area contributed by atoms with Gasteiger partial charge in [0.1, 0.15) is 0 Å². The number of nitrogens with zero attached hydrogens (tertiary/aromatic N) is 1. The summed E-state index contributed by atoms with van der Waals surface area (Å²) >= 11 is 0. The molecule has 14 heavy (non-hydrogen) atoms. The summed E-state index contributed by atoms with van der Waals surface area (Å²) in [5, 5.41) is 8.75. The molecule has 76 valence electrons. The van der Waals surface area contributed by atoms with E-state index in [0.717, 1.165) is 32.5 Å². The van der Waals surface area contributed by atoms with Crippen molar-refractivity contribution in [1.29, 1.82) is 0 Å². The predicted octanol–water partition coefficient (Wildman–Crippen LogP) is 1.50. The lowest BCUT2D eigenvalue weighted by Crippen LogP contribution is -2.33. The van der Waals surface area contributed by atoms with Crippen molar-refractivity contribution in [2.75, 3.05) is 26.2 Å². The van der Waals surface area contributed by atoms with Gasteiger partial charge in [0, 0.05) is 32.7 Å². The lowest BCUT2D eigenvalue weighted by Gasteiger charge is -2.28. The van der Waals surface area contributed by atoms with E-state index in [1.54, 1.807) is 0 Å². The average molecular weight is 191 g/mol. The van der Waals surface area contributed by atoms with E-state index in [1.807, 2.05) is 0 Å². The van der Waals surface area contributed by atoms with E-state index in [9.17, 15) is 0 Å². The van der Waals surface area contributed by atoms with Gasteiger partial charge in [-0.05, 0) is 17.6 Å². The summed E-state index contributed by atoms with van der Waals surface area (Å²) in [6, 6.07) is 0. The third-order valence-corrected chi connectivity index (χ3v) is 2.39. The van der Waals surface area contributed by atoms with E-state index >= 15 is 0 Å². The summed E-state index contributed by atoms with van der Waals surface area (Å²) in [4.78, 5) is 2.26. The van der Waals surface area contributed by atoms with Crippen LogP contribution in [-0.4, -0.2) is 36.2 Å². The predicted molar refractivity (Wildman–Crippen MR) is 58.1 cm³/mol. The molecule has 1 rings (SSSR count). The first-order valence-corrected chi connectivity index (χ1v) is 4.89. The number of likely N-dealkylation sites (tertiary alicyclic amines) is 1. The molecule has 1 heterocycles. The zero-order valence-corrected chi connectivity index (χ0v) is 8.55. The molecule has 0 unspecified atom stereocenters. The fraction of sp³-hybridized carbons (Fsp3) is 0.500. The third kappa shape index (κ3) is 3.02. The number of aliphatic hydroxyl groups excluding tert-OH is 1. The molecule has 0 aliphatic carbocycles. The quantitative estimate of drug-likeness (QED) is 0.683. The van der Waals surface area contributed by atoms with Gasteiger partial charge in [-0.25, -0.2) is 0 Å². The normalized spacial score (nSPS) is 17.8. The van der Waals surface area contributed by atoms with Crippen LogP contribution in [0, 0.1) is 0 Å². The van der Waals surface area contributed by atoms with E-state index in [2.05, 4.69) is 29.5 Å². The number of hydrogen-bond acceptors (Lipinski definition) is 2. The first-order valence-electron chi connectivity index (χ1n) is 4.89. The van der Waals surface area contributed by atoms with Crippen molar-refractivity contribution in [1.82, 2.24) is 4.90 Å². The van der Waals surface area contributed by atoms with Gasteiger partial charge in [-0.2, -0.15) is 0 Å². The Balaban J connectivity index is 2.61. The van der Waals surface area contributed by atoms with Crippen LogP contribution in [0.5, 0.6) is 0 Å². The fourth-order valence-corrected chi connectivity index (χ4v) is 1.65. The van der Waals surface area contributed by atoms with Crippen LogP contribution in [0.3, 0.4) is 0 Å². The molecule has 0 bridgehead atoms. The monoisotopic (exact) mass is 191 g/mol. The Kier molecular flexibility index (Phi) is 4.45. The molecule has 1 aliphatic rings. The van der Waals surface area contributed by atoms with Crippen molar-refractivity contribution in [2.24, 2.45) is 0 Å². The summed E-state index contributed by atoms with van der Waals surface area (Å²) in [5.74, 6) is 0. The maximum atomic E-state index is 8.75. The van der Waals surface area contributed by atoms with Crippen LogP contribution in [0.15, 0.2) is 35.8 Å². The van der Waals surface area contributed by atoms with E-state index in [4.69, 9.17) is 5.11 Å². The zero-order chi connectivity index (χ0) is 10.4. The second-order valence-corrected chi connectivity index (χ2v) is 3.53. The summed E-state index contributed by atoms with van der Waals surface area (Å²) in [6.07, 6.45) is 1.72. The van der Waals surface area contributed by atoms with Gasteiger partial charge in [0.15, 0.2) is 0 Å². The minimum absolute atomic E-state index is 0.247. The van der Waals surface area contributed by atoms with Gasteiger partial charge in [-0.3, -0.25) is 4.90 Å². The van der Waals surface area contributed by atoms with Gasteiger partial charge in [0.05, 0.1) is 0 Å². The summed E-state index contributed by atoms with van der Waals surface area (Å²) < 4.78 is 0. The van der Waals surface area contributed by atoms with Gasteiger partial charge >= 0.3 is 0 Å². The Labute approximate surface area is 85.5 Å². The Morgan fingerprint density at radius 3 is 2.21 bits per heavy atom. The molecule has 0 atom stereocenters. The summed E-state index contributed by atoms with van der Waals surface area (Å²) in [7, 11) is 0. The lowest BCUT2D eigenvalue weighted by atomic mass is 10.0. The smallest absolute Gasteiger partial charge is 0.0443 e. The van der Waals surface area contributed by atoms with Crippen molar-refractivity contribution >= 4 is 0 Å². The van der Waals surface area contributed by atoms with Crippen LogP contribution in [0.25, 0.3) is 0 Å². The molecular weight excluding hydrogens is 174 g/mol. The van der Waals surface area contributed by atoms with Crippen LogP contribution in [-0.2, 0) is 0 Å². The van der Waals surface area contributed by atoms with E-state index in [0.29, 0.717) is 0 Å². The summed E-state index contributed by atoms with van der Waals surface area (Å²) in [5.41, 5.74) is 8.29. The Hall–Kier alpha value is -1.04. The summed E-state index contributed by atoms with van der Waals surface area (Å²) in [6.45, 7) is 10.3. The Morgan fingerprint density at radius 1 is 1.21 bits per heavy atom. The molecule has 0 spiro atoms. The molecule has 0 aromatic rings. The van der Waals surface area contributed by atoms with Crippen LogP contribution >= 0.6 is 0 Å². The van der Waals surface area contributed by atoms with Crippen molar-refractivity contribution < 1.29 is 5.11 Å². The van der Waals surface area contributed by atoms with Gasteiger partial charge in [0.2, 0.25) is 0 Å². The SMILES string of the molecule is C=C=C1CC(=C=C)CN(CCCO)C1. The second kappa shape index (κ2) is 5.64. The largest absolute Gasteiger partial charge is 0.396 e. The number of aliphatic hydroxyl groups is 1. The minimum atomic E-state index is 0.247. The first kappa shape index (κ1) is 11.0. The van der Waals surface area contributed by atoms with Crippen molar-refractivity contribution in [3.63, 3.8) is 0 Å². The molecular formula is C12H17NO. The molecule has 2 heteroatoms.